The second-order valence-corrected chi connectivity index (χ2v) is 8.79. The van der Waals surface area contributed by atoms with Crippen LogP contribution in [0, 0.1) is 5.92 Å². The first-order chi connectivity index (χ1) is 12.4. The highest BCUT2D eigenvalue weighted by atomic mass is 32.2. The lowest BCUT2D eigenvalue weighted by Gasteiger charge is -2.19. The van der Waals surface area contributed by atoms with Crippen molar-refractivity contribution < 1.29 is 4.79 Å². The summed E-state index contributed by atoms with van der Waals surface area (Å²) in [6.45, 7) is 7.80. The minimum Gasteiger partial charge on any atom is -0.324 e. The predicted molar refractivity (Wildman–Crippen MR) is 107 cm³/mol. The highest BCUT2D eigenvalue weighted by Crippen LogP contribution is 2.26. The van der Waals surface area contributed by atoms with E-state index in [4.69, 9.17) is 0 Å². The third-order valence-corrected chi connectivity index (χ3v) is 5.62. The zero-order chi connectivity index (χ0) is 18.6. The summed E-state index contributed by atoms with van der Waals surface area (Å²) in [5.74, 6) is 2.34. The maximum atomic E-state index is 12.5. The Kier molecular flexibility index (Phi) is 5.81. The third-order valence-electron chi connectivity index (χ3n) is 4.38. The molecule has 0 radical (unpaired) electrons. The van der Waals surface area contributed by atoms with Crippen molar-refractivity contribution in [2.75, 3.05) is 24.2 Å². The predicted octanol–water partition coefficient (Wildman–Crippen LogP) is 4.42. The quantitative estimate of drug-likeness (QED) is 0.810. The summed E-state index contributed by atoms with van der Waals surface area (Å²) in [5, 5.41) is 2.91. The molecule has 1 N–H and O–H groups in total. The number of likely N-dealkylation sites (tertiary alicyclic amines) is 1. The van der Waals surface area contributed by atoms with Crippen molar-refractivity contribution in [1.29, 1.82) is 0 Å². The Morgan fingerprint density at radius 1 is 1.23 bits per heavy atom. The van der Waals surface area contributed by atoms with Gasteiger partial charge in [0, 0.05) is 29.2 Å². The topological polar surface area (TPSA) is 58.1 Å². The number of rotatable bonds is 4. The van der Waals surface area contributed by atoms with Crippen molar-refractivity contribution in [3.05, 3.63) is 48.5 Å². The zero-order valence-corrected chi connectivity index (χ0v) is 16.4. The molecule has 26 heavy (non-hydrogen) atoms. The number of nitrogens with zero attached hydrogens (tertiary/aromatic N) is 3. The van der Waals surface area contributed by atoms with Crippen LogP contribution in [0.15, 0.2) is 47.6 Å². The largest absolute Gasteiger partial charge is 0.324 e. The number of aromatic nitrogens is 2. The summed E-state index contributed by atoms with van der Waals surface area (Å²) in [6.07, 6.45) is 4.42. The summed E-state index contributed by atoms with van der Waals surface area (Å²) in [5.41, 5.74) is 0.548. The molecule has 3 rings (SSSR count). The van der Waals surface area contributed by atoms with Crippen molar-refractivity contribution >= 4 is 23.5 Å². The van der Waals surface area contributed by atoms with E-state index in [0.29, 0.717) is 11.6 Å². The second kappa shape index (κ2) is 8.08. The number of carbonyl (C=O) groups is 1. The fourth-order valence-corrected chi connectivity index (χ4v) is 3.92. The first kappa shape index (κ1) is 18.7. The molecular weight excluding hydrogens is 344 g/mol. The molecule has 1 fully saturated rings. The molecular formula is C20H26N4OS. The Morgan fingerprint density at radius 2 is 1.92 bits per heavy atom. The highest BCUT2D eigenvalue weighted by Gasteiger charge is 2.26. The lowest BCUT2D eigenvalue weighted by molar-refractivity contribution is 0.221. The van der Waals surface area contributed by atoms with Gasteiger partial charge in [-0.3, -0.25) is 0 Å². The van der Waals surface area contributed by atoms with Crippen molar-refractivity contribution in [3.8, 4) is 0 Å². The Hall–Kier alpha value is -2.08. The molecule has 0 saturated carbocycles. The molecule has 2 heterocycles. The van der Waals surface area contributed by atoms with Gasteiger partial charge in [-0.05, 0) is 24.5 Å². The summed E-state index contributed by atoms with van der Waals surface area (Å²) in [7, 11) is 0. The Morgan fingerprint density at radius 3 is 2.58 bits per heavy atom. The maximum absolute atomic E-state index is 12.5. The molecule has 1 aromatic carbocycles. The summed E-state index contributed by atoms with van der Waals surface area (Å²) < 4.78 is 0. The zero-order valence-electron chi connectivity index (χ0n) is 15.6. The van der Waals surface area contributed by atoms with Gasteiger partial charge in [0.2, 0.25) is 0 Å². The molecule has 0 spiro atoms. The van der Waals surface area contributed by atoms with Crippen LogP contribution in [-0.2, 0) is 5.41 Å². The van der Waals surface area contributed by atoms with E-state index in [9.17, 15) is 4.79 Å². The molecule has 0 unspecified atom stereocenters. The van der Waals surface area contributed by atoms with Crippen LogP contribution in [0.25, 0.3) is 0 Å². The van der Waals surface area contributed by atoms with E-state index >= 15 is 0 Å². The van der Waals surface area contributed by atoms with Crippen LogP contribution in [0.1, 0.15) is 33.0 Å². The van der Waals surface area contributed by atoms with E-state index in [0.717, 1.165) is 31.1 Å². The first-order valence-corrected chi connectivity index (χ1v) is 9.96. The van der Waals surface area contributed by atoms with Crippen molar-refractivity contribution in [2.24, 2.45) is 5.92 Å². The normalized spacial score (nSPS) is 17.3. The molecule has 1 atom stereocenters. The second-order valence-electron chi connectivity index (χ2n) is 7.70. The van der Waals surface area contributed by atoms with Crippen molar-refractivity contribution in [2.45, 2.75) is 37.5 Å². The van der Waals surface area contributed by atoms with E-state index in [-0.39, 0.29) is 11.4 Å². The number of urea groups is 1. The van der Waals surface area contributed by atoms with Crippen LogP contribution in [-0.4, -0.2) is 39.7 Å². The standard InChI is InChI=1S/C20H26N4OS/c1-20(2,3)18-21-11-16(12-22-18)23-19(25)24-10-9-15(13-24)14-26-17-7-5-4-6-8-17/h4-8,11-12,15H,9-10,13-14H2,1-3H3,(H,23,25)/t15-/m0/s1. The summed E-state index contributed by atoms with van der Waals surface area (Å²) in [4.78, 5) is 24.4. The van der Waals surface area contributed by atoms with Crippen LogP contribution in [0.2, 0.25) is 0 Å². The van der Waals surface area contributed by atoms with Gasteiger partial charge in [0.1, 0.15) is 5.82 Å². The monoisotopic (exact) mass is 370 g/mol. The average Bonchev–Trinajstić information content (AvgIpc) is 3.10. The summed E-state index contributed by atoms with van der Waals surface area (Å²) in [6, 6.07) is 10.3. The number of benzene rings is 1. The van der Waals surface area contributed by atoms with Gasteiger partial charge in [0.05, 0.1) is 18.1 Å². The molecule has 0 aliphatic carbocycles. The number of thioether (sulfide) groups is 1. The van der Waals surface area contributed by atoms with Crippen molar-refractivity contribution in [1.82, 2.24) is 14.9 Å². The van der Waals surface area contributed by atoms with Gasteiger partial charge in [0.15, 0.2) is 0 Å². The van der Waals surface area contributed by atoms with Gasteiger partial charge in [0.25, 0.3) is 0 Å². The number of hydrogen-bond acceptors (Lipinski definition) is 4. The minimum atomic E-state index is -0.0961. The van der Waals surface area contributed by atoms with Gasteiger partial charge >= 0.3 is 6.03 Å². The molecule has 1 aliphatic heterocycles. The number of hydrogen-bond donors (Lipinski definition) is 1. The molecule has 5 nitrogen and oxygen atoms in total. The van der Waals surface area contributed by atoms with Gasteiger partial charge < -0.3 is 10.2 Å². The number of anilines is 1. The molecule has 0 bridgehead atoms. The van der Waals surface area contributed by atoms with Gasteiger partial charge in [-0.15, -0.1) is 11.8 Å². The minimum absolute atomic E-state index is 0.0654. The lowest BCUT2D eigenvalue weighted by Crippen LogP contribution is -2.33. The van der Waals surface area contributed by atoms with E-state index in [2.05, 4.69) is 60.3 Å². The molecule has 6 heteroatoms. The maximum Gasteiger partial charge on any atom is 0.321 e. The molecule has 138 valence electrons. The number of nitrogens with one attached hydrogen (secondary N) is 1. The van der Waals surface area contributed by atoms with Gasteiger partial charge in [-0.25, -0.2) is 14.8 Å². The van der Waals surface area contributed by atoms with Gasteiger partial charge in [-0.2, -0.15) is 0 Å². The van der Waals surface area contributed by atoms with E-state index in [1.54, 1.807) is 12.4 Å². The van der Waals surface area contributed by atoms with Crippen LogP contribution in [0.5, 0.6) is 0 Å². The fourth-order valence-electron chi connectivity index (χ4n) is 2.87. The smallest absolute Gasteiger partial charge is 0.321 e. The molecule has 1 aliphatic rings. The third kappa shape index (κ3) is 4.97. The van der Waals surface area contributed by atoms with Crippen LogP contribution < -0.4 is 5.32 Å². The Bertz CT molecular complexity index is 728. The van der Waals surface area contributed by atoms with Crippen LogP contribution >= 0.6 is 11.8 Å². The van der Waals surface area contributed by atoms with E-state index < -0.39 is 0 Å². The SMILES string of the molecule is CC(C)(C)c1ncc(NC(=O)N2CC[C@H](CSc3ccccc3)C2)cn1. The van der Waals surface area contributed by atoms with Crippen LogP contribution in [0.4, 0.5) is 10.5 Å². The number of amides is 2. The molecule has 2 amide bonds. The molecule has 1 aromatic heterocycles. The van der Waals surface area contributed by atoms with Crippen LogP contribution in [0.3, 0.4) is 0 Å². The van der Waals surface area contributed by atoms with Gasteiger partial charge in [-0.1, -0.05) is 39.0 Å². The van der Waals surface area contributed by atoms with E-state index in [1.807, 2.05) is 22.7 Å². The fraction of sp³-hybridized carbons (Fsp3) is 0.450. The molecule has 1 saturated heterocycles. The Labute approximate surface area is 159 Å². The number of carbonyl (C=O) groups excluding carboxylic acids is 1. The molecule has 2 aromatic rings. The first-order valence-electron chi connectivity index (χ1n) is 8.98. The van der Waals surface area contributed by atoms with E-state index in [1.165, 1.54) is 4.90 Å². The van der Waals surface area contributed by atoms with Crippen molar-refractivity contribution in [3.63, 3.8) is 0 Å². The Balaban J connectivity index is 1.48. The highest BCUT2D eigenvalue weighted by molar-refractivity contribution is 7.99. The average molecular weight is 371 g/mol. The lowest BCUT2D eigenvalue weighted by atomic mass is 9.96. The summed E-state index contributed by atoms with van der Waals surface area (Å²) >= 11 is 1.86.